The molecule has 2 heterocycles. The van der Waals surface area contributed by atoms with Gasteiger partial charge < -0.3 is 15.2 Å². The number of hydrogen-bond acceptors (Lipinski definition) is 5. The second-order valence-electron chi connectivity index (χ2n) is 8.05. The van der Waals surface area contributed by atoms with E-state index in [1.54, 1.807) is 6.07 Å². The lowest BCUT2D eigenvalue weighted by Crippen LogP contribution is -2.54. The first-order chi connectivity index (χ1) is 15.8. The Balaban J connectivity index is 1.75. The first-order valence-corrected chi connectivity index (χ1v) is 12.3. The maximum absolute atomic E-state index is 13.5. The van der Waals surface area contributed by atoms with E-state index >= 15 is 0 Å². The Kier molecular flexibility index (Phi) is 6.05. The molecule has 0 spiro atoms. The van der Waals surface area contributed by atoms with E-state index in [1.165, 1.54) is 12.1 Å². The molecule has 8 nitrogen and oxygen atoms in total. The van der Waals surface area contributed by atoms with Gasteiger partial charge in [0.25, 0.3) is 10.0 Å². The molecule has 2 atom stereocenters. The second kappa shape index (κ2) is 8.45. The number of sulfonamides is 1. The number of halogens is 4. The number of amides is 1. The fraction of sp³-hybridized carbons (Fsp3) is 0.333. The summed E-state index contributed by atoms with van der Waals surface area (Å²) in [5.74, 6) is -1.62. The third kappa shape index (κ3) is 4.45. The van der Waals surface area contributed by atoms with Crippen LogP contribution in [0, 0.1) is 0 Å². The number of alkyl halides is 3. The van der Waals surface area contributed by atoms with Crippen LogP contribution in [0.5, 0.6) is 5.75 Å². The zero-order chi connectivity index (χ0) is 24.9. The van der Waals surface area contributed by atoms with Crippen LogP contribution in [0.15, 0.2) is 51.8 Å². The van der Waals surface area contributed by atoms with Crippen LogP contribution < -0.4 is 14.4 Å². The Morgan fingerprint density at radius 3 is 2.62 bits per heavy atom. The molecular weight excluding hydrogens is 545 g/mol. The van der Waals surface area contributed by atoms with E-state index in [0.29, 0.717) is 10.5 Å². The van der Waals surface area contributed by atoms with Gasteiger partial charge in [0.2, 0.25) is 5.91 Å². The molecule has 13 heteroatoms. The highest BCUT2D eigenvalue weighted by Crippen LogP contribution is 2.41. The van der Waals surface area contributed by atoms with E-state index in [2.05, 4.69) is 21.2 Å². The summed E-state index contributed by atoms with van der Waals surface area (Å²) in [6, 6.07) is 7.88. The van der Waals surface area contributed by atoms with Crippen molar-refractivity contribution in [2.24, 2.45) is 0 Å². The Morgan fingerprint density at radius 1 is 1.26 bits per heavy atom. The number of rotatable bonds is 5. The van der Waals surface area contributed by atoms with Crippen LogP contribution in [0.2, 0.25) is 0 Å². The van der Waals surface area contributed by atoms with Gasteiger partial charge in [-0.05, 0) is 42.8 Å². The van der Waals surface area contributed by atoms with Crippen LogP contribution in [-0.2, 0) is 25.8 Å². The van der Waals surface area contributed by atoms with Gasteiger partial charge in [-0.15, -0.1) is 0 Å². The first-order valence-electron chi connectivity index (χ1n) is 10.0. The Morgan fingerprint density at radius 2 is 2.00 bits per heavy atom. The number of aliphatic carboxylic acids is 1. The van der Waals surface area contributed by atoms with E-state index in [1.807, 2.05) is 0 Å². The van der Waals surface area contributed by atoms with E-state index in [0.717, 1.165) is 22.5 Å². The molecule has 2 aliphatic heterocycles. The lowest BCUT2D eigenvalue weighted by atomic mass is 9.90. The standard InChI is InChI=1S/C21H18BrF3N2O6S/c22-13-4-5-17-16(9-13)27(34(31,32)15-3-1-2-12(8-15)21(23,24)25)11-14(33-17)10-20(19(29)30)7-6-18(28)26-20/h1-5,8-9,14H,6-7,10-11H2,(H,26,28)(H,29,30)/t14-,20?/m0/s1. The van der Waals surface area contributed by atoms with Crippen molar-refractivity contribution >= 4 is 43.5 Å². The molecule has 34 heavy (non-hydrogen) atoms. The third-order valence-electron chi connectivity index (χ3n) is 5.75. The summed E-state index contributed by atoms with van der Waals surface area (Å²) in [4.78, 5) is 23.1. The predicted octanol–water partition coefficient (Wildman–Crippen LogP) is 3.55. The van der Waals surface area contributed by atoms with Crippen LogP contribution in [0.25, 0.3) is 0 Å². The zero-order valence-corrected chi connectivity index (χ0v) is 19.7. The van der Waals surface area contributed by atoms with Gasteiger partial charge in [-0.3, -0.25) is 9.10 Å². The minimum atomic E-state index is -4.74. The van der Waals surface area contributed by atoms with Crippen molar-refractivity contribution in [2.75, 3.05) is 10.8 Å². The van der Waals surface area contributed by atoms with Gasteiger partial charge >= 0.3 is 12.1 Å². The summed E-state index contributed by atoms with van der Waals surface area (Å²) in [5, 5.41) is 12.2. The number of nitrogens with one attached hydrogen (secondary N) is 1. The third-order valence-corrected chi connectivity index (χ3v) is 8.01. The van der Waals surface area contributed by atoms with E-state index in [9.17, 15) is 36.3 Å². The highest BCUT2D eigenvalue weighted by molar-refractivity contribution is 9.10. The molecule has 2 N–H and O–H groups in total. The normalized spacial score (nSPS) is 22.6. The van der Waals surface area contributed by atoms with E-state index < -0.39 is 50.2 Å². The molecule has 0 aliphatic carbocycles. The Hall–Kier alpha value is -2.80. The van der Waals surface area contributed by atoms with Crippen molar-refractivity contribution in [2.45, 2.75) is 42.0 Å². The number of carbonyl (C=O) groups is 2. The first kappa shape index (κ1) is 24.3. The van der Waals surface area contributed by atoms with Crippen LogP contribution in [0.4, 0.5) is 18.9 Å². The summed E-state index contributed by atoms with van der Waals surface area (Å²) >= 11 is 3.25. The van der Waals surface area contributed by atoms with Crippen molar-refractivity contribution in [3.63, 3.8) is 0 Å². The lowest BCUT2D eigenvalue weighted by Gasteiger charge is -2.38. The van der Waals surface area contributed by atoms with Gasteiger partial charge in [-0.1, -0.05) is 22.0 Å². The predicted molar refractivity (Wildman–Crippen MR) is 117 cm³/mol. The highest BCUT2D eigenvalue weighted by Gasteiger charge is 2.48. The summed E-state index contributed by atoms with van der Waals surface area (Å²) in [6.45, 7) is -0.368. The van der Waals surface area contributed by atoms with Gasteiger partial charge in [0.1, 0.15) is 17.4 Å². The minimum absolute atomic E-state index is 0.00516. The number of carbonyl (C=O) groups excluding carboxylic acids is 1. The number of benzene rings is 2. The maximum atomic E-state index is 13.5. The number of carboxylic acid groups (broad SMARTS) is 1. The largest absolute Gasteiger partial charge is 0.486 e. The Bertz CT molecular complexity index is 1270. The molecule has 1 amide bonds. The molecule has 2 aromatic carbocycles. The van der Waals surface area contributed by atoms with Crippen molar-refractivity contribution in [1.29, 1.82) is 0 Å². The van der Waals surface area contributed by atoms with Gasteiger partial charge in [0.15, 0.2) is 0 Å². The van der Waals surface area contributed by atoms with E-state index in [-0.39, 0.29) is 37.2 Å². The molecule has 1 fully saturated rings. The average molecular weight is 563 g/mol. The summed E-state index contributed by atoms with van der Waals surface area (Å²) in [7, 11) is -4.49. The molecule has 4 rings (SSSR count). The summed E-state index contributed by atoms with van der Waals surface area (Å²) < 4.78 is 73.9. The van der Waals surface area contributed by atoms with Crippen LogP contribution in [0.3, 0.4) is 0 Å². The number of ether oxygens (including phenoxy) is 1. The molecule has 2 aliphatic rings. The molecule has 1 saturated heterocycles. The number of carboxylic acids is 1. The topological polar surface area (TPSA) is 113 Å². The monoisotopic (exact) mass is 562 g/mol. The molecule has 0 saturated carbocycles. The van der Waals surface area contributed by atoms with Gasteiger partial charge in [0.05, 0.1) is 22.7 Å². The average Bonchev–Trinajstić information content (AvgIpc) is 3.14. The molecular formula is C21H18BrF3N2O6S. The van der Waals surface area contributed by atoms with Crippen molar-refractivity contribution < 1.29 is 41.0 Å². The fourth-order valence-corrected chi connectivity index (χ4v) is 5.98. The summed E-state index contributed by atoms with van der Waals surface area (Å²) in [6.07, 6.45) is -5.99. The SMILES string of the molecule is O=C1CCC(C[C@H]2CN(S(=O)(=O)c3cccc(C(F)(F)F)c3)c3cc(Br)ccc3O2)(C(=O)O)N1. The maximum Gasteiger partial charge on any atom is 0.416 e. The highest BCUT2D eigenvalue weighted by atomic mass is 79.9. The molecule has 0 radical (unpaired) electrons. The Labute approximate surface area is 200 Å². The van der Waals surface area contributed by atoms with Crippen molar-refractivity contribution in [3.8, 4) is 5.75 Å². The quantitative estimate of drug-likeness (QED) is 0.576. The van der Waals surface area contributed by atoms with Gasteiger partial charge in [-0.2, -0.15) is 13.2 Å². The molecule has 0 bridgehead atoms. The number of anilines is 1. The van der Waals surface area contributed by atoms with Gasteiger partial charge in [-0.25, -0.2) is 13.2 Å². The number of hydrogen-bond donors (Lipinski definition) is 2. The van der Waals surface area contributed by atoms with Crippen molar-refractivity contribution in [3.05, 3.63) is 52.5 Å². The smallest absolute Gasteiger partial charge is 0.416 e. The molecule has 2 aromatic rings. The molecule has 1 unspecified atom stereocenters. The van der Waals surface area contributed by atoms with Crippen LogP contribution in [0.1, 0.15) is 24.8 Å². The van der Waals surface area contributed by atoms with Crippen LogP contribution in [-0.4, -0.2) is 43.6 Å². The second-order valence-corrected chi connectivity index (χ2v) is 10.8. The number of nitrogens with zero attached hydrogens (tertiary/aromatic N) is 1. The fourth-order valence-electron chi connectivity index (χ4n) is 4.09. The molecule has 182 valence electrons. The zero-order valence-electron chi connectivity index (χ0n) is 17.3. The minimum Gasteiger partial charge on any atom is -0.486 e. The lowest BCUT2D eigenvalue weighted by molar-refractivity contribution is -0.146. The van der Waals surface area contributed by atoms with Crippen molar-refractivity contribution in [1.82, 2.24) is 5.32 Å². The van der Waals surface area contributed by atoms with Crippen LogP contribution >= 0.6 is 15.9 Å². The number of fused-ring (bicyclic) bond motifs is 1. The van der Waals surface area contributed by atoms with Gasteiger partial charge in [0, 0.05) is 17.3 Å². The summed E-state index contributed by atoms with van der Waals surface area (Å²) in [5.41, 5.74) is -2.67. The molecule has 0 aromatic heterocycles. The van der Waals surface area contributed by atoms with E-state index in [4.69, 9.17) is 4.74 Å².